The first-order chi connectivity index (χ1) is 9.52. The first-order valence-corrected chi connectivity index (χ1v) is 6.84. The zero-order valence-corrected chi connectivity index (χ0v) is 12.1. The Labute approximate surface area is 119 Å². The lowest BCUT2D eigenvalue weighted by Crippen LogP contribution is -2.26. The molecule has 0 radical (unpaired) electrons. The minimum absolute atomic E-state index is 0.0189. The van der Waals surface area contributed by atoms with E-state index in [2.05, 4.69) is 4.90 Å². The molecule has 0 aliphatic heterocycles. The van der Waals surface area contributed by atoms with Gasteiger partial charge in [0.05, 0.1) is 6.04 Å². The van der Waals surface area contributed by atoms with Crippen molar-refractivity contribution in [3.63, 3.8) is 0 Å². The van der Waals surface area contributed by atoms with E-state index in [1.54, 1.807) is 18.2 Å². The summed E-state index contributed by atoms with van der Waals surface area (Å²) in [7, 11) is 0. The molecule has 3 heteroatoms. The molecule has 0 amide bonds. The molecule has 20 heavy (non-hydrogen) atoms. The van der Waals surface area contributed by atoms with Crippen LogP contribution in [0.25, 0.3) is 0 Å². The maximum absolute atomic E-state index is 13.0. The fourth-order valence-corrected chi connectivity index (χ4v) is 2.49. The van der Waals surface area contributed by atoms with Crippen molar-refractivity contribution in [2.45, 2.75) is 26.8 Å². The minimum Gasteiger partial charge on any atom is -0.508 e. The van der Waals surface area contributed by atoms with E-state index in [0.29, 0.717) is 5.75 Å². The van der Waals surface area contributed by atoms with Gasteiger partial charge in [-0.1, -0.05) is 17.7 Å². The van der Waals surface area contributed by atoms with Crippen molar-refractivity contribution >= 4 is 5.69 Å². The first-order valence-electron chi connectivity index (χ1n) is 6.84. The zero-order valence-electron chi connectivity index (χ0n) is 12.1. The molecule has 0 aliphatic carbocycles. The van der Waals surface area contributed by atoms with Gasteiger partial charge in [-0.25, -0.2) is 4.39 Å². The van der Waals surface area contributed by atoms with E-state index < -0.39 is 0 Å². The Morgan fingerprint density at radius 3 is 2.40 bits per heavy atom. The maximum Gasteiger partial charge on any atom is 0.123 e. The van der Waals surface area contributed by atoms with Crippen molar-refractivity contribution in [2.24, 2.45) is 0 Å². The molecule has 2 rings (SSSR count). The van der Waals surface area contributed by atoms with Crippen molar-refractivity contribution < 1.29 is 9.50 Å². The summed E-state index contributed by atoms with van der Waals surface area (Å²) in [4.78, 5) is 2.13. The average molecular weight is 273 g/mol. The lowest BCUT2D eigenvalue weighted by molar-refractivity contribution is 0.461. The Kier molecular flexibility index (Phi) is 4.28. The molecule has 0 saturated carbocycles. The smallest absolute Gasteiger partial charge is 0.123 e. The number of aryl methyl sites for hydroxylation is 1. The number of aromatic hydroxyl groups is 1. The van der Waals surface area contributed by atoms with Crippen LogP contribution in [0.1, 0.15) is 31.0 Å². The normalized spacial score (nSPS) is 12.2. The van der Waals surface area contributed by atoms with E-state index in [4.69, 9.17) is 0 Å². The molecule has 1 unspecified atom stereocenters. The monoisotopic (exact) mass is 273 g/mol. The summed E-state index contributed by atoms with van der Waals surface area (Å²) in [6.45, 7) is 6.87. The number of rotatable bonds is 4. The summed E-state index contributed by atoms with van der Waals surface area (Å²) in [6, 6.07) is 12.1. The fraction of sp³-hybridized carbons (Fsp3) is 0.294. The van der Waals surface area contributed by atoms with Crippen LogP contribution in [-0.2, 0) is 0 Å². The van der Waals surface area contributed by atoms with E-state index in [-0.39, 0.29) is 11.9 Å². The molecule has 1 N–H and O–H groups in total. The highest BCUT2D eigenvalue weighted by Gasteiger charge is 2.18. The van der Waals surface area contributed by atoms with Gasteiger partial charge < -0.3 is 10.0 Å². The predicted octanol–water partition coefficient (Wildman–Crippen LogP) is 4.43. The molecule has 0 aromatic heterocycles. The molecule has 0 heterocycles. The molecule has 2 nitrogen and oxygen atoms in total. The van der Waals surface area contributed by atoms with E-state index in [1.807, 2.05) is 32.9 Å². The topological polar surface area (TPSA) is 23.5 Å². The SMILES string of the molecule is CCN(c1ccc(F)cc1)C(C)c1cc(C)ccc1O. The molecular weight excluding hydrogens is 253 g/mol. The Balaban J connectivity index is 2.35. The van der Waals surface area contributed by atoms with Gasteiger partial charge in [-0.3, -0.25) is 0 Å². The van der Waals surface area contributed by atoms with Crippen molar-refractivity contribution in [3.05, 3.63) is 59.4 Å². The van der Waals surface area contributed by atoms with E-state index >= 15 is 0 Å². The number of benzene rings is 2. The second kappa shape index (κ2) is 5.95. The molecule has 106 valence electrons. The summed E-state index contributed by atoms with van der Waals surface area (Å²) in [5, 5.41) is 10.1. The van der Waals surface area contributed by atoms with Crippen molar-refractivity contribution in [2.75, 3.05) is 11.4 Å². The molecular formula is C17H20FNO. The lowest BCUT2D eigenvalue weighted by Gasteiger charge is -2.31. The summed E-state index contributed by atoms with van der Waals surface area (Å²) >= 11 is 0. The van der Waals surface area contributed by atoms with E-state index in [1.165, 1.54) is 12.1 Å². The Hall–Kier alpha value is -2.03. The number of hydrogen-bond acceptors (Lipinski definition) is 2. The molecule has 1 atom stereocenters. The van der Waals surface area contributed by atoms with Crippen LogP contribution in [0.4, 0.5) is 10.1 Å². The third-order valence-electron chi connectivity index (χ3n) is 3.60. The number of phenolic OH excluding ortho intramolecular Hbond substituents is 1. The largest absolute Gasteiger partial charge is 0.508 e. The van der Waals surface area contributed by atoms with Crippen molar-refractivity contribution in [3.8, 4) is 5.75 Å². The van der Waals surface area contributed by atoms with Crippen molar-refractivity contribution in [1.82, 2.24) is 0 Å². The third kappa shape index (κ3) is 2.93. The van der Waals surface area contributed by atoms with Gasteiger partial charge in [0, 0.05) is 17.8 Å². The van der Waals surface area contributed by atoms with Gasteiger partial charge in [-0.2, -0.15) is 0 Å². The molecule has 2 aromatic rings. The summed E-state index contributed by atoms with van der Waals surface area (Å²) in [6.07, 6.45) is 0. The predicted molar refractivity (Wildman–Crippen MR) is 80.7 cm³/mol. The van der Waals surface area contributed by atoms with Crippen LogP contribution in [0, 0.1) is 12.7 Å². The number of phenols is 1. The quantitative estimate of drug-likeness (QED) is 0.891. The molecule has 0 fully saturated rings. The molecule has 0 spiro atoms. The molecule has 0 aliphatic rings. The van der Waals surface area contributed by atoms with E-state index in [0.717, 1.165) is 23.4 Å². The fourth-order valence-electron chi connectivity index (χ4n) is 2.49. The lowest BCUT2D eigenvalue weighted by atomic mass is 10.0. The Bertz CT molecular complexity index is 580. The standard InChI is InChI=1S/C17H20FNO/c1-4-19(15-8-6-14(18)7-9-15)13(3)16-11-12(2)5-10-17(16)20/h5-11,13,20H,4H2,1-3H3. The third-order valence-corrected chi connectivity index (χ3v) is 3.60. The molecule has 0 saturated heterocycles. The van der Waals surface area contributed by atoms with E-state index in [9.17, 15) is 9.50 Å². The van der Waals surface area contributed by atoms with Crippen LogP contribution < -0.4 is 4.90 Å². The Morgan fingerprint density at radius 2 is 1.80 bits per heavy atom. The highest BCUT2D eigenvalue weighted by molar-refractivity contribution is 5.51. The number of nitrogens with zero attached hydrogens (tertiary/aromatic N) is 1. The van der Waals surface area contributed by atoms with Crippen LogP contribution in [0.3, 0.4) is 0 Å². The maximum atomic E-state index is 13.0. The van der Waals surface area contributed by atoms with Crippen LogP contribution in [-0.4, -0.2) is 11.7 Å². The molecule has 2 aromatic carbocycles. The van der Waals surface area contributed by atoms with Gasteiger partial charge in [-0.15, -0.1) is 0 Å². The summed E-state index contributed by atoms with van der Waals surface area (Å²) < 4.78 is 13.0. The number of hydrogen-bond donors (Lipinski definition) is 1. The highest BCUT2D eigenvalue weighted by atomic mass is 19.1. The van der Waals surface area contributed by atoms with Gasteiger partial charge in [0.25, 0.3) is 0 Å². The van der Waals surface area contributed by atoms with Crippen LogP contribution >= 0.6 is 0 Å². The second-order valence-electron chi connectivity index (χ2n) is 5.00. The van der Waals surface area contributed by atoms with Crippen molar-refractivity contribution in [1.29, 1.82) is 0 Å². The van der Waals surface area contributed by atoms with Gasteiger partial charge in [-0.05, 0) is 51.1 Å². The number of halogens is 1. The second-order valence-corrected chi connectivity index (χ2v) is 5.00. The van der Waals surface area contributed by atoms with Crippen LogP contribution in [0.5, 0.6) is 5.75 Å². The minimum atomic E-state index is -0.240. The highest BCUT2D eigenvalue weighted by Crippen LogP contribution is 2.32. The van der Waals surface area contributed by atoms with Gasteiger partial charge >= 0.3 is 0 Å². The molecule has 0 bridgehead atoms. The van der Waals surface area contributed by atoms with Gasteiger partial charge in [0.2, 0.25) is 0 Å². The van der Waals surface area contributed by atoms with Gasteiger partial charge in [0.15, 0.2) is 0 Å². The summed E-state index contributed by atoms with van der Waals surface area (Å²) in [5.41, 5.74) is 2.94. The number of anilines is 1. The zero-order chi connectivity index (χ0) is 14.7. The van der Waals surface area contributed by atoms with Crippen LogP contribution in [0.15, 0.2) is 42.5 Å². The van der Waals surface area contributed by atoms with Crippen LogP contribution in [0.2, 0.25) is 0 Å². The average Bonchev–Trinajstić information content (AvgIpc) is 2.44. The Morgan fingerprint density at radius 1 is 1.15 bits per heavy atom. The van der Waals surface area contributed by atoms with Gasteiger partial charge in [0.1, 0.15) is 11.6 Å². The first kappa shape index (κ1) is 14.4. The summed E-state index contributed by atoms with van der Waals surface area (Å²) in [5.74, 6) is 0.0551.